The third kappa shape index (κ3) is 4.37. The molecule has 0 spiro atoms. The molecule has 0 aliphatic rings. The molecule has 0 unspecified atom stereocenters. The zero-order valence-electron chi connectivity index (χ0n) is 15.8. The van der Waals surface area contributed by atoms with Gasteiger partial charge in [0.05, 0.1) is 17.8 Å². The number of fused-ring (bicyclic) bond motifs is 1. The van der Waals surface area contributed by atoms with Gasteiger partial charge in [0.2, 0.25) is 15.9 Å². The molecule has 2 N–H and O–H groups in total. The van der Waals surface area contributed by atoms with Crippen molar-refractivity contribution in [3.63, 3.8) is 0 Å². The van der Waals surface area contributed by atoms with E-state index in [9.17, 15) is 13.2 Å². The summed E-state index contributed by atoms with van der Waals surface area (Å²) < 4.78 is 36.6. The van der Waals surface area contributed by atoms with E-state index in [0.717, 1.165) is 17.3 Å². The van der Waals surface area contributed by atoms with Gasteiger partial charge in [0.25, 0.3) is 0 Å². The summed E-state index contributed by atoms with van der Waals surface area (Å²) in [6.45, 7) is 5.46. The summed E-state index contributed by atoms with van der Waals surface area (Å²) in [6, 6.07) is 13.1. The number of hydrogen-bond acceptors (Lipinski definition) is 6. The molecule has 0 saturated heterocycles. The summed E-state index contributed by atoms with van der Waals surface area (Å²) in [5.41, 5.74) is 1.76. The number of aromatic nitrogens is 2. The molecule has 3 aromatic rings. The zero-order valence-corrected chi connectivity index (χ0v) is 17.4. The largest absolute Gasteiger partial charge is 0.348 e. The quantitative estimate of drug-likeness (QED) is 0.614. The fraction of sp³-hybridized carbons (Fsp3) is 0.316. The minimum Gasteiger partial charge on any atom is -0.348 e. The fourth-order valence-corrected chi connectivity index (χ4v) is 4.96. The molecular formula is C19H22N4O3S2. The van der Waals surface area contributed by atoms with Crippen molar-refractivity contribution in [3.8, 4) is 0 Å². The van der Waals surface area contributed by atoms with Crippen molar-refractivity contribution in [1.29, 1.82) is 0 Å². The average molecular weight is 419 g/mol. The van der Waals surface area contributed by atoms with Crippen molar-refractivity contribution in [3.05, 3.63) is 54.1 Å². The highest BCUT2D eigenvalue weighted by molar-refractivity contribution is 7.89. The standard InChI is InChI=1S/C19H22N4O3S2/c1-12(2)17(19(24)20-13(3)14-8-5-4-6-9-14)23-28(25,26)16-11-7-10-15-18(16)22-27-21-15/h4-13,17,23H,1-3H3,(H,20,24)/t13-,17-/m0/s1. The Morgan fingerprint density at radius 2 is 1.71 bits per heavy atom. The monoisotopic (exact) mass is 418 g/mol. The molecule has 148 valence electrons. The van der Waals surface area contributed by atoms with E-state index in [0.29, 0.717) is 11.0 Å². The first-order valence-corrected chi connectivity index (χ1v) is 11.1. The third-order valence-corrected chi connectivity index (χ3v) is 6.44. The lowest BCUT2D eigenvalue weighted by molar-refractivity contribution is -0.124. The minimum atomic E-state index is -3.95. The molecule has 0 bridgehead atoms. The maximum Gasteiger partial charge on any atom is 0.243 e. The molecule has 0 saturated carbocycles. The van der Waals surface area contributed by atoms with Crippen LogP contribution in [-0.4, -0.2) is 29.1 Å². The lowest BCUT2D eigenvalue weighted by Crippen LogP contribution is -2.50. The lowest BCUT2D eigenvalue weighted by atomic mass is 10.0. The number of benzene rings is 2. The van der Waals surface area contributed by atoms with Gasteiger partial charge in [0.15, 0.2) is 0 Å². The summed E-state index contributed by atoms with van der Waals surface area (Å²) in [7, 11) is -3.95. The van der Waals surface area contributed by atoms with E-state index in [1.807, 2.05) is 37.3 Å². The number of carbonyl (C=O) groups excluding carboxylic acids is 1. The van der Waals surface area contributed by atoms with Gasteiger partial charge in [-0.1, -0.05) is 50.2 Å². The van der Waals surface area contributed by atoms with E-state index < -0.39 is 16.1 Å². The van der Waals surface area contributed by atoms with E-state index in [2.05, 4.69) is 18.8 Å². The molecule has 0 aliphatic carbocycles. The number of nitrogens with one attached hydrogen (secondary N) is 2. The molecule has 1 amide bonds. The number of hydrogen-bond donors (Lipinski definition) is 2. The highest BCUT2D eigenvalue weighted by atomic mass is 32.2. The van der Waals surface area contributed by atoms with Crippen LogP contribution in [0, 0.1) is 5.92 Å². The molecule has 0 radical (unpaired) electrons. The second-order valence-electron chi connectivity index (χ2n) is 6.87. The third-order valence-electron chi connectivity index (χ3n) is 4.43. The van der Waals surface area contributed by atoms with Crippen LogP contribution in [0.3, 0.4) is 0 Å². The van der Waals surface area contributed by atoms with E-state index >= 15 is 0 Å². The SMILES string of the molecule is CC(C)[C@H](NS(=O)(=O)c1cccc2nsnc12)C(=O)N[C@@H](C)c1ccccc1. The molecule has 1 heterocycles. The van der Waals surface area contributed by atoms with E-state index in [1.54, 1.807) is 26.0 Å². The van der Waals surface area contributed by atoms with Gasteiger partial charge in [-0.3, -0.25) is 4.79 Å². The molecular weight excluding hydrogens is 396 g/mol. The number of amides is 1. The number of carbonyl (C=O) groups is 1. The van der Waals surface area contributed by atoms with Crippen LogP contribution in [0.4, 0.5) is 0 Å². The molecule has 9 heteroatoms. The van der Waals surface area contributed by atoms with Gasteiger partial charge < -0.3 is 5.32 Å². The molecule has 28 heavy (non-hydrogen) atoms. The van der Waals surface area contributed by atoms with Crippen molar-refractivity contribution in [2.45, 2.75) is 37.8 Å². The molecule has 3 rings (SSSR count). The van der Waals surface area contributed by atoms with Crippen LogP contribution in [-0.2, 0) is 14.8 Å². The first-order valence-electron chi connectivity index (χ1n) is 8.88. The minimum absolute atomic E-state index is 0.0216. The van der Waals surface area contributed by atoms with Crippen molar-refractivity contribution in [2.75, 3.05) is 0 Å². The van der Waals surface area contributed by atoms with Gasteiger partial charge >= 0.3 is 0 Å². The number of sulfonamides is 1. The van der Waals surface area contributed by atoms with Crippen LogP contribution in [0.25, 0.3) is 11.0 Å². The van der Waals surface area contributed by atoms with Gasteiger partial charge in [0.1, 0.15) is 22.0 Å². The van der Waals surface area contributed by atoms with Crippen molar-refractivity contribution in [1.82, 2.24) is 18.8 Å². The predicted octanol–water partition coefficient (Wildman–Crippen LogP) is 2.87. The molecule has 2 aromatic carbocycles. The van der Waals surface area contributed by atoms with Gasteiger partial charge in [0, 0.05) is 0 Å². The lowest BCUT2D eigenvalue weighted by Gasteiger charge is -2.24. The Morgan fingerprint density at radius 3 is 2.39 bits per heavy atom. The van der Waals surface area contributed by atoms with E-state index in [1.165, 1.54) is 6.07 Å². The molecule has 0 aliphatic heterocycles. The summed E-state index contributed by atoms with van der Waals surface area (Å²) in [5, 5.41) is 2.89. The second kappa shape index (κ2) is 8.34. The Hall–Kier alpha value is -2.36. The summed E-state index contributed by atoms with van der Waals surface area (Å²) in [5.74, 6) is -0.621. The Kier molecular flexibility index (Phi) is 6.07. The van der Waals surface area contributed by atoms with E-state index in [4.69, 9.17) is 0 Å². The smallest absolute Gasteiger partial charge is 0.243 e. The van der Waals surface area contributed by atoms with Crippen molar-refractivity contribution >= 4 is 38.7 Å². The molecule has 0 fully saturated rings. The van der Waals surface area contributed by atoms with Gasteiger partial charge in [-0.05, 0) is 30.5 Å². The number of nitrogens with zero attached hydrogens (tertiary/aromatic N) is 2. The van der Waals surface area contributed by atoms with Crippen LogP contribution in [0.5, 0.6) is 0 Å². The first-order chi connectivity index (χ1) is 13.3. The van der Waals surface area contributed by atoms with Gasteiger partial charge in [-0.25, -0.2) is 8.42 Å². The molecule has 7 nitrogen and oxygen atoms in total. The highest BCUT2D eigenvalue weighted by Crippen LogP contribution is 2.22. The average Bonchev–Trinajstić information content (AvgIpc) is 3.15. The second-order valence-corrected chi connectivity index (χ2v) is 9.08. The Bertz CT molecular complexity index is 1060. The van der Waals surface area contributed by atoms with E-state index in [-0.39, 0.29) is 22.8 Å². The number of rotatable bonds is 7. The topological polar surface area (TPSA) is 101 Å². The van der Waals surface area contributed by atoms with Gasteiger partial charge in [-0.2, -0.15) is 13.5 Å². The van der Waals surface area contributed by atoms with Crippen LogP contribution in [0.2, 0.25) is 0 Å². The predicted molar refractivity (Wildman–Crippen MR) is 109 cm³/mol. The zero-order chi connectivity index (χ0) is 20.3. The summed E-state index contributed by atoms with van der Waals surface area (Å²) in [6.07, 6.45) is 0. The van der Waals surface area contributed by atoms with Crippen LogP contribution in [0.1, 0.15) is 32.4 Å². The Morgan fingerprint density at radius 1 is 1.00 bits per heavy atom. The van der Waals surface area contributed by atoms with Crippen LogP contribution < -0.4 is 10.0 Å². The summed E-state index contributed by atoms with van der Waals surface area (Å²) >= 11 is 0.949. The maximum atomic E-state index is 13.0. The van der Waals surface area contributed by atoms with Crippen LogP contribution in [0.15, 0.2) is 53.4 Å². The van der Waals surface area contributed by atoms with Crippen molar-refractivity contribution in [2.24, 2.45) is 5.92 Å². The Labute approximate surface area is 168 Å². The van der Waals surface area contributed by atoms with Crippen LogP contribution >= 0.6 is 11.7 Å². The summed E-state index contributed by atoms with van der Waals surface area (Å²) in [4.78, 5) is 12.8. The molecule has 1 aromatic heterocycles. The van der Waals surface area contributed by atoms with Crippen molar-refractivity contribution < 1.29 is 13.2 Å². The Balaban J connectivity index is 1.82. The molecule has 2 atom stereocenters. The highest BCUT2D eigenvalue weighted by Gasteiger charge is 2.30. The fourth-order valence-electron chi connectivity index (χ4n) is 2.85. The maximum absolute atomic E-state index is 13.0. The first kappa shape index (κ1) is 20.4. The van der Waals surface area contributed by atoms with Gasteiger partial charge in [-0.15, -0.1) is 0 Å². The normalized spacial score (nSPS) is 14.1.